The summed E-state index contributed by atoms with van der Waals surface area (Å²) < 4.78 is 11.2. The summed E-state index contributed by atoms with van der Waals surface area (Å²) in [6.45, 7) is 5.73. The van der Waals surface area contributed by atoms with Crippen molar-refractivity contribution in [2.75, 3.05) is 0 Å². The van der Waals surface area contributed by atoms with E-state index in [4.69, 9.17) is 9.26 Å². The molecule has 2 aromatic heterocycles. The molecular formula is C19H19N3O3. The fourth-order valence-corrected chi connectivity index (χ4v) is 2.78. The van der Waals surface area contributed by atoms with Crippen molar-refractivity contribution in [3.8, 4) is 28.7 Å². The lowest BCUT2D eigenvalue weighted by Crippen LogP contribution is -2.46. The molecular weight excluding hydrogens is 318 g/mol. The summed E-state index contributed by atoms with van der Waals surface area (Å²) in [5.41, 5.74) is 2.96. The standard InChI is InChI=1S/C19H19N3O3/c1-11-4-6-12(7-5-11)16-21-18(25-22-16)14-8-13-9-15(23)19(2,3)24-17(13)20-10-14/h4-8,10,15,23H,9H2,1-3H3/t15-/m0/s1. The number of aromatic nitrogens is 3. The first-order chi connectivity index (χ1) is 11.9. The lowest BCUT2D eigenvalue weighted by atomic mass is 9.92. The van der Waals surface area contributed by atoms with Gasteiger partial charge in [0.05, 0.1) is 11.7 Å². The third-order valence-electron chi connectivity index (χ3n) is 4.48. The first kappa shape index (κ1) is 15.8. The van der Waals surface area contributed by atoms with Crippen molar-refractivity contribution in [3.63, 3.8) is 0 Å². The Hall–Kier alpha value is -2.73. The summed E-state index contributed by atoms with van der Waals surface area (Å²) in [7, 11) is 0. The molecule has 1 atom stereocenters. The quantitative estimate of drug-likeness (QED) is 0.773. The lowest BCUT2D eigenvalue weighted by Gasteiger charge is -2.36. The fraction of sp³-hybridized carbons (Fsp3) is 0.316. The van der Waals surface area contributed by atoms with Crippen molar-refractivity contribution in [2.45, 2.75) is 38.9 Å². The van der Waals surface area contributed by atoms with Gasteiger partial charge >= 0.3 is 0 Å². The molecule has 1 aliphatic rings. The van der Waals surface area contributed by atoms with Gasteiger partial charge in [-0.2, -0.15) is 4.98 Å². The van der Waals surface area contributed by atoms with Crippen molar-refractivity contribution in [1.29, 1.82) is 0 Å². The first-order valence-electron chi connectivity index (χ1n) is 8.19. The summed E-state index contributed by atoms with van der Waals surface area (Å²) >= 11 is 0. The average Bonchev–Trinajstić information content (AvgIpc) is 3.06. The number of nitrogens with zero attached hydrogens (tertiary/aromatic N) is 3. The van der Waals surface area contributed by atoms with Crippen LogP contribution in [0.5, 0.6) is 5.88 Å². The van der Waals surface area contributed by atoms with Gasteiger partial charge in [0.25, 0.3) is 5.89 Å². The average molecular weight is 337 g/mol. The van der Waals surface area contributed by atoms with Gasteiger partial charge in [0.15, 0.2) is 0 Å². The molecule has 3 heterocycles. The van der Waals surface area contributed by atoms with Gasteiger partial charge in [0, 0.05) is 23.7 Å². The van der Waals surface area contributed by atoms with E-state index in [1.807, 2.05) is 51.1 Å². The third-order valence-corrected chi connectivity index (χ3v) is 4.48. The van der Waals surface area contributed by atoms with Crippen molar-refractivity contribution < 1.29 is 14.4 Å². The van der Waals surface area contributed by atoms with Crippen LogP contribution in [0, 0.1) is 6.92 Å². The molecule has 6 heteroatoms. The van der Waals surface area contributed by atoms with Crippen LogP contribution in [0.4, 0.5) is 0 Å². The SMILES string of the molecule is Cc1ccc(-c2noc(-c3cnc4c(c3)C[C@H](O)C(C)(C)O4)n2)cc1. The summed E-state index contributed by atoms with van der Waals surface area (Å²) in [5.74, 6) is 1.47. The molecule has 0 bridgehead atoms. The Bertz CT molecular complexity index is 916. The molecule has 0 saturated carbocycles. The van der Waals surface area contributed by atoms with Crippen LogP contribution in [0.2, 0.25) is 0 Å². The number of pyridine rings is 1. The molecule has 6 nitrogen and oxygen atoms in total. The Morgan fingerprint density at radius 2 is 1.92 bits per heavy atom. The summed E-state index contributed by atoms with van der Waals surface area (Å²) in [6, 6.07) is 9.81. The van der Waals surface area contributed by atoms with Crippen LogP contribution in [0.15, 0.2) is 41.1 Å². The maximum atomic E-state index is 10.2. The zero-order valence-corrected chi connectivity index (χ0v) is 14.4. The van der Waals surface area contributed by atoms with Gasteiger partial charge < -0.3 is 14.4 Å². The highest BCUT2D eigenvalue weighted by molar-refractivity contribution is 5.60. The van der Waals surface area contributed by atoms with E-state index in [1.54, 1.807) is 6.20 Å². The van der Waals surface area contributed by atoms with Crippen LogP contribution in [-0.2, 0) is 6.42 Å². The van der Waals surface area contributed by atoms with E-state index < -0.39 is 11.7 Å². The Morgan fingerprint density at radius 1 is 1.16 bits per heavy atom. The van der Waals surface area contributed by atoms with Gasteiger partial charge in [-0.25, -0.2) is 4.98 Å². The maximum absolute atomic E-state index is 10.2. The normalized spacial score (nSPS) is 18.5. The van der Waals surface area contributed by atoms with Gasteiger partial charge in [-0.3, -0.25) is 0 Å². The van der Waals surface area contributed by atoms with Crippen LogP contribution in [0.1, 0.15) is 25.0 Å². The first-order valence-corrected chi connectivity index (χ1v) is 8.19. The van der Waals surface area contributed by atoms with Crippen LogP contribution in [0.25, 0.3) is 22.8 Å². The second-order valence-electron chi connectivity index (χ2n) is 6.90. The highest BCUT2D eigenvalue weighted by Gasteiger charge is 2.36. The molecule has 0 fully saturated rings. The van der Waals surface area contributed by atoms with Crippen LogP contribution in [0.3, 0.4) is 0 Å². The Kier molecular flexibility index (Phi) is 3.58. The van der Waals surface area contributed by atoms with E-state index in [0.717, 1.165) is 11.1 Å². The largest absolute Gasteiger partial charge is 0.469 e. The molecule has 0 spiro atoms. The molecule has 0 unspecified atom stereocenters. The zero-order valence-electron chi connectivity index (χ0n) is 14.4. The molecule has 0 radical (unpaired) electrons. The van der Waals surface area contributed by atoms with Gasteiger partial charge in [0.1, 0.15) is 5.60 Å². The van der Waals surface area contributed by atoms with E-state index in [9.17, 15) is 5.11 Å². The number of hydrogen-bond acceptors (Lipinski definition) is 6. The second kappa shape index (κ2) is 5.67. The van der Waals surface area contributed by atoms with Crippen molar-refractivity contribution in [1.82, 2.24) is 15.1 Å². The highest BCUT2D eigenvalue weighted by atomic mass is 16.5. The Balaban J connectivity index is 1.65. The molecule has 0 saturated heterocycles. The summed E-state index contributed by atoms with van der Waals surface area (Å²) in [5, 5.41) is 14.3. The molecule has 3 aromatic rings. The van der Waals surface area contributed by atoms with E-state index in [1.165, 1.54) is 5.56 Å². The highest BCUT2D eigenvalue weighted by Crippen LogP contribution is 2.34. The van der Waals surface area contributed by atoms with Gasteiger partial charge in [0.2, 0.25) is 11.7 Å². The number of aliphatic hydroxyl groups excluding tert-OH is 1. The number of fused-ring (bicyclic) bond motifs is 1. The minimum absolute atomic E-state index is 0.394. The number of aryl methyl sites for hydroxylation is 1. The molecule has 1 aromatic carbocycles. The number of ether oxygens (including phenoxy) is 1. The smallest absolute Gasteiger partial charge is 0.259 e. The summed E-state index contributed by atoms with van der Waals surface area (Å²) in [4.78, 5) is 8.81. The van der Waals surface area contributed by atoms with Crippen molar-refractivity contribution in [2.24, 2.45) is 0 Å². The topological polar surface area (TPSA) is 81.3 Å². The number of rotatable bonds is 2. The maximum Gasteiger partial charge on any atom is 0.259 e. The predicted octanol–water partition coefficient (Wildman–Crippen LogP) is 3.18. The van der Waals surface area contributed by atoms with E-state index in [-0.39, 0.29) is 0 Å². The molecule has 0 aliphatic carbocycles. The Morgan fingerprint density at radius 3 is 2.68 bits per heavy atom. The number of benzene rings is 1. The minimum atomic E-state index is -0.648. The van der Waals surface area contributed by atoms with Crippen molar-refractivity contribution >= 4 is 0 Å². The Labute approximate surface area is 145 Å². The van der Waals surface area contributed by atoms with Crippen LogP contribution in [-0.4, -0.2) is 31.9 Å². The second-order valence-corrected chi connectivity index (χ2v) is 6.90. The number of aliphatic hydroxyl groups is 1. The molecule has 128 valence electrons. The molecule has 1 N–H and O–H groups in total. The van der Waals surface area contributed by atoms with E-state index in [0.29, 0.717) is 29.6 Å². The van der Waals surface area contributed by atoms with Gasteiger partial charge in [-0.15, -0.1) is 0 Å². The fourth-order valence-electron chi connectivity index (χ4n) is 2.78. The number of hydrogen-bond donors (Lipinski definition) is 1. The molecule has 4 rings (SSSR count). The summed E-state index contributed by atoms with van der Waals surface area (Å²) in [6.07, 6.45) is 1.53. The van der Waals surface area contributed by atoms with E-state index >= 15 is 0 Å². The van der Waals surface area contributed by atoms with Crippen LogP contribution < -0.4 is 4.74 Å². The molecule has 0 amide bonds. The predicted molar refractivity (Wildman–Crippen MR) is 92.1 cm³/mol. The molecule has 25 heavy (non-hydrogen) atoms. The van der Waals surface area contributed by atoms with Gasteiger partial charge in [-0.05, 0) is 26.8 Å². The molecule has 1 aliphatic heterocycles. The zero-order chi connectivity index (χ0) is 17.6. The van der Waals surface area contributed by atoms with Crippen molar-refractivity contribution in [3.05, 3.63) is 47.7 Å². The van der Waals surface area contributed by atoms with Crippen LogP contribution >= 0.6 is 0 Å². The van der Waals surface area contributed by atoms with Gasteiger partial charge in [-0.1, -0.05) is 35.0 Å². The van der Waals surface area contributed by atoms with E-state index in [2.05, 4.69) is 15.1 Å². The lowest BCUT2D eigenvalue weighted by molar-refractivity contribution is -0.0442. The monoisotopic (exact) mass is 337 g/mol. The minimum Gasteiger partial charge on any atom is -0.469 e. The third kappa shape index (κ3) is 2.89.